The smallest absolute Gasteiger partial charge is 0.132 e. The first-order valence-electron chi connectivity index (χ1n) is 4.24. The maximum atomic E-state index is 13.5. The average Bonchev–Trinajstić information content (AvgIpc) is 2.22. The van der Waals surface area contributed by atoms with Crippen LogP contribution in [0.4, 0.5) is 4.39 Å². The van der Waals surface area contributed by atoms with Gasteiger partial charge in [-0.25, -0.2) is 4.39 Å². The van der Waals surface area contributed by atoms with Crippen molar-refractivity contribution in [2.24, 2.45) is 0 Å². The molecule has 0 aliphatic heterocycles. The van der Waals surface area contributed by atoms with Crippen LogP contribution < -0.4 is 0 Å². The van der Waals surface area contributed by atoms with Crippen molar-refractivity contribution >= 4 is 27.5 Å². The van der Waals surface area contributed by atoms with Crippen molar-refractivity contribution in [2.75, 3.05) is 0 Å². The molecule has 0 aliphatic rings. The van der Waals surface area contributed by atoms with Crippen LogP contribution in [0.1, 0.15) is 0 Å². The molecule has 0 bridgehead atoms. The molecule has 0 unspecified atom stereocenters. The Morgan fingerprint density at radius 1 is 1.20 bits per heavy atom. The number of hydrogen-bond donors (Lipinski definition) is 0. The summed E-state index contributed by atoms with van der Waals surface area (Å²) in [5.74, 6) is -0.312. The molecule has 1 aromatic carbocycles. The highest BCUT2D eigenvalue weighted by atomic mass is 79.9. The number of rotatable bonds is 1. The summed E-state index contributed by atoms with van der Waals surface area (Å²) in [5, 5.41) is 0.541. The molecule has 0 aliphatic carbocycles. The molecular weight excluding hydrogens is 280 g/mol. The standard InChI is InChI=1S/C11H6BrClFN/c12-7-1-2-10(14)9(5-7)11-6-8(13)3-4-15-11/h1-6H. The van der Waals surface area contributed by atoms with Gasteiger partial charge < -0.3 is 0 Å². The van der Waals surface area contributed by atoms with Crippen molar-refractivity contribution in [3.05, 3.63) is 51.8 Å². The number of halogens is 3. The monoisotopic (exact) mass is 285 g/mol. The fourth-order valence-electron chi connectivity index (χ4n) is 1.25. The molecule has 2 rings (SSSR count). The Labute approximate surface area is 100 Å². The highest BCUT2D eigenvalue weighted by Crippen LogP contribution is 2.26. The first-order valence-corrected chi connectivity index (χ1v) is 5.41. The van der Waals surface area contributed by atoms with E-state index in [0.29, 0.717) is 16.3 Å². The minimum Gasteiger partial charge on any atom is -0.256 e. The Bertz CT molecular complexity index is 502. The second kappa shape index (κ2) is 4.29. The van der Waals surface area contributed by atoms with Gasteiger partial charge in [0.15, 0.2) is 0 Å². The molecule has 0 spiro atoms. The summed E-state index contributed by atoms with van der Waals surface area (Å²) < 4.78 is 14.3. The normalized spacial score (nSPS) is 10.3. The molecule has 2 aromatic rings. The lowest BCUT2D eigenvalue weighted by atomic mass is 10.1. The van der Waals surface area contributed by atoms with Gasteiger partial charge in [-0.05, 0) is 30.3 Å². The minimum absolute atomic E-state index is 0.312. The van der Waals surface area contributed by atoms with E-state index in [9.17, 15) is 4.39 Å². The third-order valence-electron chi connectivity index (χ3n) is 1.93. The van der Waals surface area contributed by atoms with E-state index < -0.39 is 0 Å². The molecule has 76 valence electrons. The van der Waals surface area contributed by atoms with Crippen molar-refractivity contribution in [3.8, 4) is 11.3 Å². The Kier molecular flexibility index (Phi) is 3.03. The van der Waals surface area contributed by atoms with Crippen molar-refractivity contribution in [3.63, 3.8) is 0 Å². The molecule has 15 heavy (non-hydrogen) atoms. The molecule has 0 saturated carbocycles. The lowest BCUT2D eigenvalue weighted by Crippen LogP contribution is -1.87. The van der Waals surface area contributed by atoms with Crippen LogP contribution in [0.5, 0.6) is 0 Å². The fraction of sp³-hybridized carbons (Fsp3) is 0. The van der Waals surface area contributed by atoms with Gasteiger partial charge >= 0.3 is 0 Å². The van der Waals surface area contributed by atoms with E-state index in [1.54, 1.807) is 30.5 Å². The molecule has 1 aromatic heterocycles. The first-order chi connectivity index (χ1) is 7.16. The SMILES string of the molecule is Fc1ccc(Br)cc1-c1cc(Cl)ccn1. The van der Waals surface area contributed by atoms with E-state index >= 15 is 0 Å². The van der Waals surface area contributed by atoms with Crippen molar-refractivity contribution < 1.29 is 4.39 Å². The molecular formula is C11H6BrClFN. The summed E-state index contributed by atoms with van der Waals surface area (Å²) in [6.45, 7) is 0. The van der Waals surface area contributed by atoms with Gasteiger partial charge in [-0.2, -0.15) is 0 Å². The molecule has 0 N–H and O–H groups in total. The highest BCUT2D eigenvalue weighted by Gasteiger charge is 2.07. The number of benzene rings is 1. The summed E-state index contributed by atoms with van der Waals surface area (Å²) in [6.07, 6.45) is 1.55. The van der Waals surface area contributed by atoms with Gasteiger partial charge in [-0.3, -0.25) is 4.98 Å². The van der Waals surface area contributed by atoms with Crippen LogP contribution in [0.3, 0.4) is 0 Å². The number of nitrogens with zero attached hydrogens (tertiary/aromatic N) is 1. The van der Waals surface area contributed by atoms with Crippen LogP contribution in [-0.2, 0) is 0 Å². The zero-order valence-corrected chi connectivity index (χ0v) is 9.89. The minimum atomic E-state index is -0.312. The summed E-state index contributed by atoms with van der Waals surface area (Å²) in [4.78, 5) is 4.07. The molecule has 4 heteroatoms. The van der Waals surface area contributed by atoms with E-state index in [1.165, 1.54) is 6.07 Å². The summed E-state index contributed by atoms with van der Waals surface area (Å²) in [6, 6.07) is 7.99. The maximum absolute atomic E-state index is 13.5. The predicted molar refractivity (Wildman–Crippen MR) is 62.3 cm³/mol. The zero-order valence-electron chi connectivity index (χ0n) is 7.55. The lowest BCUT2D eigenvalue weighted by Gasteiger charge is -2.03. The largest absolute Gasteiger partial charge is 0.256 e. The lowest BCUT2D eigenvalue weighted by molar-refractivity contribution is 0.630. The third-order valence-corrected chi connectivity index (χ3v) is 2.65. The number of hydrogen-bond acceptors (Lipinski definition) is 1. The zero-order chi connectivity index (χ0) is 10.8. The summed E-state index contributed by atoms with van der Waals surface area (Å²) in [7, 11) is 0. The van der Waals surface area contributed by atoms with E-state index in [2.05, 4.69) is 20.9 Å². The molecule has 0 saturated heterocycles. The maximum Gasteiger partial charge on any atom is 0.132 e. The Balaban J connectivity index is 2.58. The second-order valence-electron chi connectivity index (χ2n) is 2.98. The van der Waals surface area contributed by atoms with Gasteiger partial charge in [0.05, 0.1) is 5.69 Å². The quantitative estimate of drug-likeness (QED) is 0.761. The predicted octanol–water partition coefficient (Wildman–Crippen LogP) is 4.30. The topological polar surface area (TPSA) is 12.9 Å². The Hall–Kier alpha value is -0.930. The van der Waals surface area contributed by atoms with Gasteiger partial charge in [0.25, 0.3) is 0 Å². The van der Waals surface area contributed by atoms with E-state index in [1.807, 2.05) is 0 Å². The average molecular weight is 287 g/mol. The summed E-state index contributed by atoms with van der Waals surface area (Å²) in [5.41, 5.74) is 0.966. The Morgan fingerprint density at radius 3 is 2.73 bits per heavy atom. The van der Waals surface area contributed by atoms with Crippen LogP contribution in [0.25, 0.3) is 11.3 Å². The first kappa shape index (κ1) is 10.6. The molecule has 0 radical (unpaired) electrons. The fourth-order valence-corrected chi connectivity index (χ4v) is 1.77. The Morgan fingerprint density at radius 2 is 2.00 bits per heavy atom. The molecule has 0 fully saturated rings. The van der Waals surface area contributed by atoms with E-state index in [0.717, 1.165) is 4.47 Å². The van der Waals surface area contributed by atoms with Crippen LogP contribution in [0.2, 0.25) is 5.02 Å². The van der Waals surface area contributed by atoms with Crippen LogP contribution in [0, 0.1) is 5.82 Å². The van der Waals surface area contributed by atoms with Crippen LogP contribution in [0.15, 0.2) is 41.0 Å². The van der Waals surface area contributed by atoms with Crippen molar-refractivity contribution in [2.45, 2.75) is 0 Å². The van der Waals surface area contributed by atoms with Crippen LogP contribution >= 0.6 is 27.5 Å². The highest BCUT2D eigenvalue weighted by molar-refractivity contribution is 9.10. The number of pyridine rings is 1. The summed E-state index contributed by atoms with van der Waals surface area (Å²) >= 11 is 9.10. The van der Waals surface area contributed by atoms with E-state index in [-0.39, 0.29) is 5.82 Å². The molecule has 0 amide bonds. The third kappa shape index (κ3) is 2.36. The van der Waals surface area contributed by atoms with Gasteiger partial charge in [-0.1, -0.05) is 27.5 Å². The number of aromatic nitrogens is 1. The molecule has 1 heterocycles. The van der Waals surface area contributed by atoms with Gasteiger partial charge in [0, 0.05) is 21.3 Å². The van der Waals surface area contributed by atoms with Crippen molar-refractivity contribution in [1.29, 1.82) is 0 Å². The van der Waals surface area contributed by atoms with Crippen LogP contribution in [-0.4, -0.2) is 4.98 Å². The van der Waals surface area contributed by atoms with Gasteiger partial charge in [0.2, 0.25) is 0 Å². The second-order valence-corrected chi connectivity index (χ2v) is 4.34. The molecule has 1 nitrogen and oxygen atoms in total. The molecule has 0 atom stereocenters. The van der Waals surface area contributed by atoms with Gasteiger partial charge in [-0.15, -0.1) is 0 Å². The van der Waals surface area contributed by atoms with E-state index in [4.69, 9.17) is 11.6 Å². The van der Waals surface area contributed by atoms with Crippen molar-refractivity contribution in [1.82, 2.24) is 4.98 Å². The van der Waals surface area contributed by atoms with Gasteiger partial charge in [0.1, 0.15) is 5.82 Å².